The number of methoxy groups -OCH3 is 1. The molecule has 6 nitrogen and oxygen atoms in total. The summed E-state index contributed by atoms with van der Waals surface area (Å²) in [6, 6.07) is 0. The number of nitrogens with one attached hydrogen (secondary N) is 1. The fraction of sp³-hybridized carbons (Fsp3) is 0.867. The molecule has 0 bridgehead atoms. The van der Waals surface area contributed by atoms with Gasteiger partial charge in [-0.15, -0.1) is 0 Å². The van der Waals surface area contributed by atoms with Crippen molar-refractivity contribution < 1.29 is 22.7 Å². The second-order valence-corrected chi connectivity index (χ2v) is 5.87. The Bertz CT molecular complexity index is 421. The van der Waals surface area contributed by atoms with E-state index in [9.17, 15) is 18.0 Å². The van der Waals surface area contributed by atoms with E-state index in [4.69, 9.17) is 4.74 Å². The number of likely N-dealkylation sites (tertiary alicyclic amines) is 1. The maximum absolute atomic E-state index is 12.3. The zero-order valence-electron chi connectivity index (χ0n) is 14.5. The molecule has 0 aromatic carbocycles. The van der Waals surface area contributed by atoms with Gasteiger partial charge in [0, 0.05) is 26.2 Å². The van der Waals surface area contributed by atoms with Crippen LogP contribution in [0.25, 0.3) is 0 Å². The van der Waals surface area contributed by atoms with Gasteiger partial charge in [0.2, 0.25) is 0 Å². The van der Waals surface area contributed by atoms with Crippen molar-refractivity contribution in [2.24, 2.45) is 10.9 Å². The molecule has 0 aliphatic carbocycles. The van der Waals surface area contributed by atoms with Crippen LogP contribution in [0.15, 0.2) is 4.99 Å². The van der Waals surface area contributed by atoms with Crippen LogP contribution in [0.5, 0.6) is 0 Å². The first-order chi connectivity index (χ1) is 11.3. The SMILES string of the molecule is CCNC(=NCCN(C)CC(F)(F)F)N1CCC(C(=O)OC)CC1. The molecule has 0 saturated carbocycles. The zero-order valence-corrected chi connectivity index (χ0v) is 14.5. The summed E-state index contributed by atoms with van der Waals surface area (Å²) in [5.41, 5.74) is 0. The van der Waals surface area contributed by atoms with Gasteiger partial charge in [-0.1, -0.05) is 0 Å². The lowest BCUT2D eigenvalue weighted by Crippen LogP contribution is -2.47. The highest BCUT2D eigenvalue weighted by molar-refractivity contribution is 5.80. The average Bonchev–Trinajstić information content (AvgIpc) is 2.52. The number of hydrogen-bond acceptors (Lipinski definition) is 4. The van der Waals surface area contributed by atoms with Crippen LogP contribution in [0.2, 0.25) is 0 Å². The van der Waals surface area contributed by atoms with Gasteiger partial charge in [0.1, 0.15) is 0 Å². The molecule has 1 N–H and O–H groups in total. The molecule has 1 aliphatic rings. The second-order valence-electron chi connectivity index (χ2n) is 5.87. The lowest BCUT2D eigenvalue weighted by molar-refractivity contribution is -0.146. The first kappa shape index (κ1) is 20.5. The minimum absolute atomic E-state index is 0.0907. The Hall–Kier alpha value is -1.51. The molecule has 0 amide bonds. The van der Waals surface area contributed by atoms with Crippen molar-refractivity contribution in [2.45, 2.75) is 25.9 Å². The van der Waals surface area contributed by atoms with Gasteiger partial charge in [-0.2, -0.15) is 13.2 Å². The predicted molar refractivity (Wildman–Crippen MR) is 85.8 cm³/mol. The van der Waals surface area contributed by atoms with Crippen LogP contribution in [0.4, 0.5) is 13.2 Å². The van der Waals surface area contributed by atoms with Gasteiger partial charge < -0.3 is 15.0 Å². The summed E-state index contributed by atoms with van der Waals surface area (Å²) in [5, 5.41) is 3.15. The Morgan fingerprint density at radius 1 is 1.38 bits per heavy atom. The van der Waals surface area contributed by atoms with E-state index in [2.05, 4.69) is 10.3 Å². The number of carbonyl (C=O) groups excluding carboxylic acids is 1. The fourth-order valence-electron chi connectivity index (χ4n) is 2.63. The van der Waals surface area contributed by atoms with Gasteiger partial charge in [-0.3, -0.25) is 14.7 Å². The molecule has 0 spiro atoms. The van der Waals surface area contributed by atoms with Crippen LogP contribution < -0.4 is 5.32 Å². The lowest BCUT2D eigenvalue weighted by atomic mass is 9.97. The van der Waals surface area contributed by atoms with Crippen molar-refractivity contribution in [1.29, 1.82) is 0 Å². The highest BCUT2D eigenvalue weighted by atomic mass is 19.4. The third-order valence-electron chi connectivity index (χ3n) is 3.86. The second kappa shape index (κ2) is 9.71. The molecule has 0 atom stereocenters. The van der Waals surface area contributed by atoms with Gasteiger partial charge >= 0.3 is 12.1 Å². The van der Waals surface area contributed by atoms with Crippen LogP contribution in [0, 0.1) is 5.92 Å². The molecule has 140 valence electrons. The summed E-state index contributed by atoms with van der Waals surface area (Å²) >= 11 is 0. The summed E-state index contributed by atoms with van der Waals surface area (Å²) in [6.07, 6.45) is -2.82. The van der Waals surface area contributed by atoms with Crippen LogP contribution in [0.3, 0.4) is 0 Å². The van der Waals surface area contributed by atoms with E-state index in [1.807, 2.05) is 11.8 Å². The molecule has 0 aromatic rings. The molecule has 9 heteroatoms. The monoisotopic (exact) mass is 352 g/mol. The highest BCUT2D eigenvalue weighted by Gasteiger charge is 2.29. The molecule has 0 unspecified atom stereocenters. The summed E-state index contributed by atoms with van der Waals surface area (Å²) in [5.74, 6) is 0.402. The number of likely N-dealkylation sites (N-methyl/N-ethyl adjacent to an activating group) is 1. The number of alkyl halides is 3. The zero-order chi connectivity index (χ0) is 18.2. The molecule has 0 aromatic heterocycles. The van der Waals surface area contributed by atoms with Crippen molar-refractivity contribution in [1.82, 2.24) is 15.1 Å². The Labute approximate surface area is 141 Å². The molecular formula is C15H27F3N4O2. The maximum atomic E-state index is 12.3. The van der Waals surface area contributed by atoms with Gasteiger partial charge in [-0.25, -0.2) is 0 Å². The minimum atomic E-state index is -4.20. The van der Waals surface area contributed by atoms with E-state index in [1.54, 1.807) is 0 Å². The van der Waals surface area contributed by atoms with E-state index >= 15 is 0 Å². The number of halogens is 3. The number of hydrogen-bond donors (Lipinski definition) is 1. The van der Waals surface area contributed by atoms with Gasteiger partial charge in [0.15, 0.2) is 5.96 Å². The molecular weight excluding hydrogens is 325 g/mol. The number of aliphatic imine (C=N–C) groups is 1. The summed E-state index contributed by atoms with van der Waals surface area (Å²) < 4.78 is 41.7. The Balaban J connectivity index is 2.50. The molecule has 1 heterocycles. The Kier molecular flexibility index (Phi) is 8.30. The van der Waals surface area contributed by atoms with Crippen molar-refractivity contribution in [3.8, 4) is 0 Å². The molecule has 24 heavy (non-hydrogen) atoms. The number of piperidine rings is 1. The molecule has 1 saturated heterocycles. The van der Waals surface area contributed by atoms with Gasteiger partial charge in [0.05, 0.1) is 26.1 Å². The van der Waals surface area contributed by atoms with E-state index in [0.717, 1.165) is 0 Å². The smallest absolute Gasteiger partial charge is 0.401 e. The van der Waals surface area contributed by atoms with Crippen molar-refractivity contribution >= 4 is 11.9 Å². The van der Waals surface area contributed by atoms with Crippen molar-refractivity contribution in [2.75, 3.05) is 53.4 Å². The molecule has 0 radical (unpaired) electrons. The Morgan fingerprint density at radius 2 is 2.00 bits per heavy atom. The minimum Gasteiger partial charge on any atom is -0.469 e. The predicted octanol–water partition coefficient (Wildman–Crippen LogP) is 1.33. The quantitative estimate of drug-likeness (QED) is 0.444. The number of nitrogens with zero attached hydrogens (tertiary/aromatic N) is 3. The van der Waals surface area contributed by atoms with E-state index in [0.29, 0.717) is 38.4 Å². The first-order valence-electron chi connectivity index (χ1n) is 8.13. The van der Waals surface area contributed by atoms with Crippen LogP contribution in [0.1, 0.15) is 19.8 Å². The van der Waals surface area contributed by atoms with E-state index in [1.165, 1.54) is 19.1 Å². The third-order valence-corrected chi connectivity index (χ3v) is 3.86. The summed E-state index contributed by atoms with van der Waals surface area (Å²) in [4.78, 5) is 19.2. The number of rotatable bonds is 6. The van der Waals surface area contributed by atoms with Crippen molar-refractivity contribution in [3.63, 3.8) is 0 Å². The largest absolute Gasteiger partial charge is 0.469 e. The number of ether oxygens (including phenoxy) is 1. The van der Waals surface area contributed by atoms with Gasteiger partial charge in [-0.05, 0) is 26.8 Å². The first-order valence-corrected chi connectivity index (χ1v) is 8.13. The Morgan fingerprint density at radius 3 is 2.50 bits per heavy atom. The molecule has 1 fully saturated rings. The van der Waals surface area contributed by atoms with E-state index < -0.39 is 12.7 Å². The average molecular weight is 352 g/mol. The third kappa shape index (κ3) is 7.37. The standard InChI is InChI=1S/C15H27F3N4O2/c1-4-19-14(20-7-10-21(2)11-15(16,17)18)22-8-5-12(6-9-22)13(23)24-3/h12H,4-11H2,1-3H3,(H,19,20). The number of guanidine groups is 1. The number of carbonyl (C=O) groups is 1. The normalized spacial score (nSPS) is 17.3. The van der Waals surface area contributed by atoms with Crippen molar-refractivity contribution in [3.05, 3.63) is 0 Å². The fourth-order valence-corrected chi connectivity index (χ4v) is 2.63. The maximum Gasteiger partial charge on any atom is 0.401 e. The van der Waals surface area contributed by atoms with Gasteiger partial charge in [0.25, 0.3) is 0 Å². The van der Waals surface area contributed by atoms with Crippen LogP contribution in [-0.4, -0.2) is 81.3 Å². The van der Waals surface area contributed by atoms with Crippen LogP contribution in [-0.2, 0) is 9.53 Å². The lowest BCUT2D eigenvalue weighted by Gasteiger charge is -2.33. The highest BCUT2D eigenvalue weighted by Crippen LogP contribution is 2.18. The van der Waals surface area contributed by atoms with E-state index in [-0.39, 0.29) is 25.0 Å². The van der Waals surface area contributed by atoms with Crippen LogP contribution >= 0.6 is 0 Å². The molecule has 1 rings (SSSR count). The summed E-state index contributed by atoms with van der Waals surface area (Å²) in [7, 11) is 2.81. The summed E-state index contributed by atoms with van der Waals surface area (Å²) in [6.45, 7) is 3.52. The molecule has 1 aliphatic heterocycles. The number of esters is 1. The topological polar surface area (TPSA) is 57.2 Å².